The number of benzene rings is 3. The van der Waals surface area contributed by atoms with Gasteiger partial charge in [-0.2, -0.15) is 0 Å². The summed E-state index contributed by atoms with van der Waals surface area (Å²) >= 11 is 0. The van der Waals surface area contributed by atoms with Crippen LogP contribution in [0.15, 0.2) is 35.1 Å². The Morgan fingerprint density at radius 1 is 0.645 bits per heavy atom. The molecule has 31 heavy (non-hydrogen) atoms. The fourth-order valence-corrected chi connectivity index (χ4v) is 4.83. The van der Waals surface area contributed by atoms with Crippen LogP contribution >= 0.6 is 0 Å². The van der Waals surface area contributed by atoms with Gasteiger partial charge in [-0.05, 0) is 76.5 Å². The Labute approximate surface area is 179 Å². The van der Waals surface area contributed by atoms with E-state index in [-0.39, 0.29) is 5.56 Å². The number of methoxy groups -OCH3 is 4. The molecule has 4 aromatic rings. The number of aromatic nitrogens is 1. The van der Waals surface area contributed by atoms with E-state index < -0.39 is 0 Å². The quantitative estimate of drug-likeness (QED) is 0.450. The van der Waals surface area contributed by atoms with Crippen LogP contribution in [0.1, 0.15) is 18.5 Å². The molecule has 0 atom stereocenters. The molecule has 0 N–H and O–H groups in total. The van der Waals surface area contributed by atoms with E-state index in [2.05, 4.69) is 6.07 Å². The predicted molar refractivity (Wildman–Crippen MR) is 122 cm³/mol. The highest BCUT2D eigenvalue weighted by Crippen LogP contribution is 2.43. The molecule has 0 bridgehead atoms. The molecule has 1 aliphatic heterocycles. The van der Waals surface area contributed by atoms with Crippen LogP contribution in [0.25, 0.3) is 32.3 Å². The number of fused-ring (bicyclic) bond motifs is 7. The van der Waals surface area contributed by atoms with Crippen molar-refractivity contribution in [3.8, 4) is 23.0 Å². The molecule has 160 valence electrons. The third kappa shape index (κ3) is 2.81. The maximum Gasteiger partial charge on any atom is 0.259 e. The molecule has 1 aliphatic rings. The molecule has 1 aromatic heterocycles. The molecule has 0 saturated heterocycles. The van der Waals surface area contributed by atoms with E-state index in [9.17, 15) is 4.79 Å². The lowest BCUT2D eigenvalue weighted by Gasteiger charge is -2.21. The number of ether oxygens (including phenoxy) is 4. The van der Waals surface area contributed by atoms with Gasteiger partial charge in [0, 0.05) is 12.2 Å². The summed E-state index contributed by atoms with van der Waals surface area (Å²) in [6.45, 7) is 0.753. The van der Waals surface area contributed by atoms with Crippen LogP contribution in [0.4, 0.5) is 0 Å². The minimum Gasteiger partial charge on any atom is -0.493 e. The van der Waals surface area contributed by atoms with E-state index >= 15 is 0 Å². The summed E-state index contributed by atoms with van der Waals surface area (Å²) < 4.78 is 24.2. The molecule has 0 amide bonds. The smallest absolute Gasteiger partial charge is 0.259 e. The predicted octanol–water partition coefficient (Wildman–Crippen LogP) is 4.68. The summed E-state index contributed by atoms with van der Waals surface area (Å²) in [7, 11) is 6.47. The highest BCUT2D eigenvalue weighted by molar-refractivity contribution is 6.26. The first-order valence-corrected chi connectivity index (χ1v) is 10.4. The zero-order valence-corrected chi connectivity index (χ0v) is 18.2. The van der Waals surface area contributed by atoms with E-state index in [0.717, 1.165) is 58.4 Å². The minimum atomic E-state index is 0.0427. The number of hydrogen-bond donors (Lipinski definition) is 0. The summed E-state index contributed by atoms with van der Waals surface area (Å²) in [5, 5.41) is 5.31. The number of rotatable bonds is 4. The van der Waals surface area contributed by atoms with Crippen molar-refractivity contribution in [1.29, 1.82) is 0 Å². The molecule has 6 heteroatoms. The highest BCUT2D eigenvalue weighted by Gasteiger charge is 2.21. The van der Waals surface area contributed by atoms with Crippen LogP contribution < -0.4 is 24.5 Å². The van der Waals surface area contributed by atoms with Crippen molar-refractivity contribution in [2.75, 3.05) is 28.4 Å². The molecule has 0 saturated carbocycles. The average Bonchev–Trinajstić information content (AvgIpc) is 2.82. The topological polar surface area (TPSA) is 58.9 Å². The Morgan fingerprint density at radius 2 is 1.10 bits per heavy atom. The number of hydrogen-bond acceptors (Lipinski definition) is 5. The lowest BCUT2D eigenvalue weighted by molar-refractivity contribution is 0.355. The van der Waals surface area contributed by atoms with Crippen molar-refractivity contribution in [3.63, 3.8) is 0 Å². The first-order valence-electron chi connectivity index (χ1n) is 10.4. The maximum atomic E-state index is 13.7. The lowest BCUT2D eigenvalue weighted by Crippen LogP contribution is -2.26. The number of aryl methyl sites for hydroxylation is 1. The second kappa shape index (κ2) is 7.38. The second-order valence-electron chi connectivity index (χ2n) is 7.84. The van der Waals surface area contributed by atoms with E-state index in [4.69, 9.17) is 18.9 Å². The lowest BCUT2D eigenvalue weighted by atomic mass is 9.92. The molecule has 0 radical (unpaired) electrons. The Balaban J connectivity index is 2.07. The van der Waals surface area contributed by atoms with Crippen molar-refractivity contribution >= 4 is 32.3 Å². The number of pyridine rings is 1. The van der Waals surface area contributed by atoms with Gasteiger partial charge in [0.2, 0.25) is 0 Å². The van der Waals surface area contributed by atoms with Crippen LogP contribution in [-0.4, -0.2) is 33.0 Å². The Morgan fingerprint density at radius 3 is 1.61 bits per heavy atom. The Kier molecular flexibility index (Phi) is 4.65. The zero-order chi connectivity index (χ0) is 21.7. The largest absolute Gasteiger partial charge is 0.493 e. The molecule has 6 nitrogen and oxygen atoms in total. The van der Waals surface area contributed by atoms with Crippen LogP contribution in [0.5, 0.6) is 23.0 Å². The van der Waals surface area contributed by atoms with Gasteiger partial charge in [0.25, 0.3) is 5.56 Å². The zero-order valence-electron chi connectivity index (χ0n) is 18.2. The molecule has 0 aliphatic carbocycles. The Bertz CT molecular complexity index is 1350. The summed E-state index contributed by atoms with van der Waals surface area (Å²) in [5.41, 5.74) is 1.13. The molecular formula is C25H25NO5. The van der Waals surface area contributed by atoms with Crippen molar-refractivity contribution in [1.82, 2.24) is 4.57 Å². The van der Waals surface area contributed by atoms with Gasteiger partial charge in [0.15, 0.2) is 23.0 Å². The van der Waals surface area contributed by atoms with Crippen LogP contribution in [0.2, 0.25) is 0 Å². The summed E-state index contributed by atoms with van der Waals surface area (Å²) in [6.07, 6.45) is 3.02. The molecule has 5 rings (SSSR count). The first kappa shape index (κ1) is 19.5. The van der Waals surface area contributed by atoms with Gasteiger partial charge in [-0.25, -0.2) is 0 Å². The van der Waals surface area contributed by atoms with Gasteiger partial charge in [-0.3, -0.25) is 4.79 Å². The number of nitrogens with zero attached hydrogens (tertiary/aromatic N) is 1. The van der Waals surface area contributed by atoms with Crippen LogP contribution in [0.3, 0.4) is 0 Å². The van der Waals surface area contributed by atoms with E-state index in [1.165, 1.54) is 0 Å². The Hall–Kier alpha value is -3.41. The normalized spacial score (nSPS) is 13.4. The summed E-state index contributed by atoms with van der Waals surface area (Å²) in [5.74, 6) is 2.48. The second-order valence-corrected chi connectivity index (χ2v) is 7.84. The molecule has 0 spiro atoms. The fraction of sp³-hybridized carbons (Fsp3) is 0.320. The molecule has 3 aromatic carbocycles. The van der Waals surface area contributed by atoms with Crippen LogP contribution in [-0.2, 0) is 13.0 Å². The average molecular weight is 419 g/mol. The van der Waals surface area contributed by atoms with Crippen molar-refractivity contribution in [3.05, 3.63) is 46.4 Å². The fourth-order valence-electron chi connectivity index (χ4n) is 4.83. The third-order valence-corrected chi connectivity index (χ3v) is 6.35. The SMILES string of the molecule is COc1cc2c3cc(OC)c(OC)cc3c3c(=O)n4c(cc3c2cc1OC)CCCC4. The standard InChI is InChI=1S/C25H25NO5/c1-28-20-10-15-16(11-21(20)29-2)18-9-14-7-5-6-8-26(14)25(27)24(18)19-13-23(31-4)22(30-3)12-17(15)19/h9-13H,5-8H2,1-4H3. The molecule has 0 fully saturated rings. The molecular weight excluding hydrogens is 394 g/mol. The van der Waals surface area contributed by atoms with E-state index in [0.29, 0.717) is 28.4 Å². The van der Waals surface area contributed by atoms with E-state index in [1.807, 2.05) is 28.8 Å². The first-order chi connectivity index (χ1) is 15.1. The maximum absolute atomic E-state index is 13.7. The summed E-state index contributed by atoms with van der Waals surface area (Å²) in [4.78, 5) is 13.7. The monoisotopic (exact) mass is 419 g/mol. The van der Waals surface area contributed by atoms with Gasteiger partial charge in [-0.1, -0.05) is 0 Å². The summed E-state index contributed by atoms with van der Waals surface area (Å²) in [6, 6.07) is 9.94. The van der Waals surface area contributed by atoms with Gasteiger partial charge in [0.05, 0.1) is 33.8 Å². The van der Waals surface area contributed by atoms with Crippen molar-refractivity contribution in [2.24, 2.45) is 0 Å². The van der Waals surface area contributed by atoms with Gasteiger partial charge < -0.3 is 23.5 Å². The van der Waals surface area contributed by atoms with Crippen molar-refractivity contribution in [2.45, 2.75) is 25.8 Å². The molecule has 2 heterocycles. The molecule has 0 unspecified atom stereocenters. The van der Waals surface area contributed by atoms with Gasteiger partial charge in [-0.15, -0.1) is 0 Å². The highest BCUT2D eigenvalue weighted by atomic mass is 16.5. The van der Waals surface area contributed by atoms with Gasteiger partial charge in [0.1, 0.15) is 0 Å². The van der Waals surface area contributed by atoms with E-state index in [1.54, 1.807) is 28.4 Å². The van der Waals surface area contributed by atoms with Crippen molar-refractivity contribution < 1.29 is 18.9 Å². The third-order valence-electron chi connectivity index (χ3n) is 6.35. The van der Waals surface area contributed by atoms with Crippen LogP contribution in [0, 0.1) is 0 Å². The minimum absolute atomic E-state index is 0.0427. The van der Waals surface area contributed by atoms with Gasteiger partial charge >= 0.3 is 0 Å².